The van der Waals surface area contributed by atoms with Gasteiger partial charge in [-0.2, -0.15) is 0 Å². The van der Waals surface area contributed by atoms with Gasteiger partial charge in [-0.25, -0.2) is 12.7 Å². The molecule has 0 aromatic heterocycles. The third-order valence-electron chi connectivity index (χ3n) is 4.45. The second-order valence-corrected chi connectivity index (χ2v) is 8.41. The van der Waals surface area contributed by atoms with Crippen molar-refractivity contribution in [1.82, 2.24) is 0 Å². The third-order valence-corrected chi connectivity index (χ3v) is 6.25. The maximum atomic E-state index is 13.7. The van der Waals surface area contributed by atoms with E-state index in [0.29, 0.717) is 30.3 Å². The van der Waals surface area contributed by atoms with Crippen LogP contribution < -0.4 is 9.04 Å². The summed E-state index contributed by atoms with van der Waals surface area (Å²) in [6.07, 6.45) is 0.0399. The molecule has 0 amide bonds. The first-order valence-electron chi connectivity index (χ1n) is 9.06. The van der Waals surface area contributed by atoms with Crippen LogP contribution in [0.15, 0.2) is 83.8 Å². The van der Waals surface area contributed by atoms with Crippen molar-refractivity contribution in [2.75, 3.05) is 17.5 Å². The summed E-state index contributed by atoms with van der Waals surface area (Å²) in [5, 5.41) is 0. The van der Waals surface area contributed by atoms with E-state index < -0.39 is 10.0 Å². The molecule has 1 heterocycles. The smallest absolute Gasteiger partial charge is 0.272 e. The van der Waals surface area contributed by atoms with Crippen molar-refractivity contribution in [1.29, 1.82) is 0 Å². The van der Waals surface area contributed by atoms with E-state index in [0.717, 1.165) is 5.56 Å². The van der Waals surface area contributed by atoms with E-state index in [2.05, 4.69) is 0 Å². The average Bonchev–Trinajstić information content (AvgIpc) is 3.53. The predicted octanol–water partition coefficient (Wildman–Crippen LogP) is 4.30. The van der Waals surface area contributed by atoms with Gasteiger partial charge in [0.15, 0.2) is 0 Å². The highest BCUT2D eigenvalue weighted by atomic mass is 32.2. The minimum Gasteiger partial charge on any atom is -0.489 e. The number of para-hydroxylation sites is 2. The summed E-state index contributed by atoms with van der Waals surface area (Å²) in [4.78, 5) is 0.125. The van der Waals surface area contributed by atoms with Crippen molar-refractivity contribution in [3.8, 4) is 5.75 Å². The van der Waals surface area contributed by atoms with Gasteiger partial charge in [0.2, 0.25) is 0 Å². The van der Waals surface area contributed by atoms with Crippen molar-refractivity contribution < 1.29 is 17.9 Å². The van der Waals surface area contributed by atoms with Gasteiger partial charge in [-0.3, -0.25) is 0 Å². The number of anilines is 2. The molecule has 0 aliphatic carbocycles. The van der Waals surface area contributed by atoms with Crippen LogP contribution in [0, 0.1) is 6.92 Å². The van der Waals surface area contributed by atoms with Gasteiger partial charge >= 0.3 is 0 Å². The number of aryl methyl sites for hydroxylation is 1. The van der Waals surface area contributed by atoms with Crippen molar-refractivity contribution in [2.24, 2.45) is 0 Å². The molecule has 1 aliphatic heterocycles. The first-order valence-corrected chi connectivity index (χ1v) is 10.5. The molecule has 6 heteroatoms. The van der Waals surface area contributed by atoms with Crippen LogP contribution in [0.3, 0.4) is 0 Å². The van der Waals surface area contributed by atoms with E-state index in [1.54, 1.807) is 48.5 Å². The molecule has 3 aromatic carbocycles. The fourth-order valence-corrected chi connectivity index (χ4v) is 4.52. The Morgan fingerprint density at radius 1 is 0.929 bits per heavy atom. The van der Waals surface area contributed by atoms with Crippen LogP contribution in [0.4, 0.5) is 11.4 Å². The van der Waals surface area contributed by atoms with Crippen LogP contribution in [-0.4, -0.2) is 27.7 Å². The molecule has 0 bridgehead atoms. The van der Waals surface area contributed by atoms with Gasteiger partial charge in [0.05, 0.1) is 18.0 Å². The number of hydrogen-bond acceptors (Lipinski definition) is 4. The lowest BCUT2D eigenvalue weighted by Gasteiger charge is -2.25. The summed E-state index contributed by atoms with van der Waals surface area (Å²) >= 11 is 0. The molecule has 1 saturated heterocycles. The number of ether oxygens (including phenoxy) is 2. The van der Waals surface area contributed by atoms with Crippen molar-refractivity contribution in [3.63, 3.8) is 0 Å². The van der Waals surface area contributed by atoms with E-state index in [4.69, 9.17) is 9.47 Å². The lowest BCUT2D eigenvalue weighted by atomic mass is 10.2. The van der Waals surface area contributed by atoms with E-state index in [1.807, 2.05) is 37.3 Å². The Balaban J connectivity index is 1.80. The molecule has 1 aliphatic rings. The second kappa shape index (κ2) is 7.66. The number of epoxide rings is 1. The maximum absolute atomic E-state index is 13.7. The van der Waals surface area contributed by atoms with Crippen LogP contribution in [0.5, 0.6) is 5.75 Å². The van der Waals surface area contributed by atoms with Crippen LogP contribution in [-0.2, 0) is 14.8 Å². The maximum Gasteiger partial charge on any atom is 0.272 e. The zero-order chi connectivity index (χ0) is 19.6. The van der Waals surface area contributed by atoms with Gasteiger partial charge in [-0.05, 0) is 43.3 Å². The molecule has 28 heavy (non-hydrogen) atoms. The topological polar surface area (TPSA) is 59.1 Å². The summed E-state index contributed by atoms with van der Waals surface area (Å²) < 4.78 is 39.7. The van der Waals surface area contributed by atoms with Gasteiger partial charge in [0, 0.05) is 0 Å². The van der Waals surface area contributed by atoms with Crippen LogP contribution in [0.2, 0.25) is 0 Å². The first kappa shape index (κ1) is 18.5. The number of sulfonamides is 1. The van der Waals surface area contributed by atoms with Crippen molar-refractivity contribution in [3.05, 3.63) is 84.4 Å². The molecular formula is C22H21NO4S. The Labute approximate surface area is 165 Å². The first-order chi connectivity index (χ1) is 13.6. The quantitative estimate of drug-likeness (QED) is 0.560. The summed E-state index contributed by atoms with van der Waals surface area (Å²) in [7, 11) is -3.91. The fraction of sp³-hybridized carbons (Fsp3) is 0.182. The average molecular weight is 395 g/mol. The van der Waals surface area contributed by atoms with Crippen LogP contribution >= 0.6 is 0 Å². The highest BCUT2D eigenvalue weighted by Gasteiger charge is 2.30. The van der Waals surface area contributed by atoms with Crippen molar-refractivity contribution in [2.45, 2.75) is 17.9 Å². The normalized spacial score (nSPS) is 15.8. The Bertz CT molecular complexity index is 1050. The van der Waals surface area contributed by atoms with E-state index in [1.165, 1.54) is 4.31 Å². The standard InChI is InChI=1S/C22H21NO4S/c1-17-11-13-19(14-12-17)23(18-7-3-2-4-8-18)28(24,25)22-10-6-5-9-21(22)27-16-20-15-26-20/h2-14,20H,15-16H2,1H3. The van der Waals surface area contributed by atoms with Crippen LogP contribution in [0.1, 0.15) is 5.56 Å². The Kier molecular flexibility index (Phi) is 5.07. The molecule has 0 N–H and O–H groups in total. The molecular weight excluding hydrogens is 374 g/mol. The summed E-state index contributed by atoms with van der Waals surface area (Å²) in [6, 6.07) is 23.2. The van der Waals surface area contributed by atoms with Gasteiger partial charge < -0.3 is 9.47 Å². The lowest BCUT2D eigenvalue weighted by Crippen LogP contribution is -2.27. The lowest BCUT2D eigenvalue weighted by molar-refractivity contribution is 0.258. The Hall–Kier alpha value is -2.83. The zero-order valence-corrected chi connectivity index (χ0v) is 16.3. The van der Waals surface area contributed by atoms with Gasteiger partial charge in [-0.15, -0.1) is 0 Å². The van der Waals surface area contributed by atoms with Gasteiger partial charge in [0.1, 0.15) is 23.4 Å². The van der Waals surface area contributed by atoms with Crippen molar-refractivity contribution >= 4 is 21.4 Å². The highest BCUT2D eigenvalue weighted by Crippen LogP contribution is 2.36. The highest BCUT2D eigenvalue weighted by molar-refractivity contribution is 7.93. The molecule has 0 radical (unpaired) electrons. The number of nitrogens with zero attached hydrogens (tertiary/aromatic N) is 1. The minimum absolute atomic E-state index is 0.0399. The molecule has 4 rings (SSSR count). The second-order valence-electron chi connectivity index (χ2n) is 6.65. The molecule has 144 valence electrons. The molecule has 1 fully saturated rings. The molecule has 1 unspecified atom stereocenters. The largest absolute Gasteiger partial charge is 0.489 e. The SMILES string of the molecule is Cc1ccc(N(c2ccccc2)S(=O)(=O)c2ccccc2OCC2CO2)cc1. The molecule has 3 aromatic rings. The molecule has 0 spiro atoms. The molecule has 0 saturated carbocycles. The van der Waals surface area contributed by atoms with Crippen LogP contribution in [0.25, 0.3) is 0 Å². The summed E-state index contributed by atoms with van der Waals surface area (Å²) in [5.41, 5.74) is 2.19. The summed E-state index contributed by atoms with van der Waals surface area (Å²) in [5.74, 6) is 0.325. The van der Waals surface area contributed by atoms with E-state index in [-0.39, 0.29) is 11.0 Å². The van der Waals surface area contributed by atoms with Gasteiger partial charge in [-0.1, -0.05) is 48.0 Å². The number of hydrogen-bond donors (Lipinski definition) is 0. The Morgan fingerprint density at radius 2 is 1.54 bits per heavy atom. The number of benzene rings is 3. The van der Waals surface area contributed by atoms with E-state index >= 15 is 0 Å². The van der Waals surface area contributed by atoms with E-state index in [9.17, 15) is 8.42 Å². The molecule has 1 atom stereocenters. The fourth-order valence-electron chi connectivity index (χ4n) is 2.90. The zero-order valence-electron chi connectivity index (χ0n) is 15.5. The third kappa shape index (κ3) is 3.88. The Morgan fingerprint density at radius 3 is 2.21 bits per heavy atom. The molecule has 5 nitrogen and oxygen atoms in total. The summed E-state index contributed by atoms with van der Waals surface area (Å²) in [6.45, 7) is 2.95. The minimum atomic E-state index is -3.91. The van der Waals surface area contributed by atoms with Gasteiger partial charge in [0.25, 0.3) is 10.0 Å². The number of rotatable bonds is 7. The predicted molar refractivity (Wildman–Crippen MR) is 109 cm³/mol. The monoisotopic (exact) mass is 395 g/mol.